The fraction of sp³-hybridized carbons (Fsp3) is 0.364. The van der Waals surface area contributed by atoms with Crippen LogP contribution in [0.4, 0.5) is 5.69 Å². The summed E-state index contributed by atoms with van der Waals surface area (Å²) in [6.45, 7) is 9.00. The van der Waals surface area contributed by atoms with Crippen LogP contribution < -0.4 is 14.8 Å². The molecule has 0 radical (unpaired) electrons. The number of hydrogen-bond donors (Lipinski definition) is 1. The third-order valence-electron chi connectivity index (χ3n) is 3.99. The number of anilines is 1. The number of amides is 1. The zero-order valence-corrected chi connectivity index (χ0v) is 17.0. The molecule has 0 saturated heterocycles. The standard InChI is InChI=1S/C22H28N2O4/c1-5-11-27-20-10-8-18(13-21(20)26-6-2)14-23-28-15-22(25)24-19-9-7-16(3)17(4)12-19/h7-10,12-14H,5-6,11,15H2,1-4H3,(H,24,25). The molecule has 150 valence electrons. The van der Waals surface area contributed by atoms with Gasteiger partial charge in [-0.1, -0.05) is 18.1 Å². The van der Waals surface area contributed by atoms with Gasteiger partial charge < -0.3 is 19.6 Å². The number of carbonyl (C=O) groups excluding carboxylic acids is 1. The summed E-state index contributed by atoms with van der Waals surface area (Å²) in [7, 11) is 0. The summed E-state index contributed by atoms with van der Waals surface area (Å²) >= 11 is 0. The van der Waals surface area contributed by atoms with E-state index in [-0.39, 0.29) is 12.5 Å². The summed E-state index contributed by atoms with van der Waals surface area (Å²) in [5.41, 5.74) is 3.83. The number of nitrogens with one attached hydrogen (secondary N) is 1. The molecule has 0 saturated carbocycles. The first-order chi connectivity index (χ1) is 13.5. The minimum atomic E-state index is -0.265. The van der Waals surface area contributed by atoms with Crippen molar-refractivity contribution in [3.8, 4) is 11.5 Å². The van der Waals surface area contributed by atoms with Crippen molar-refractivity contribution in [3.05, 3.63) is 53.1 Å². The van der Waals surface area contributed by atoms with Gasteiger partial charge in [0, 0.05) is 11.3 Å². The zero-order valence-electron chi connectivity index (χ0n) is 17.0. The number of carbonyl (C=O) groups is 1. The van der Waals surface area contributed by atoms with E-state index < -0.39 is 0 Å². The van der Waals surface area contributed by atoms with Gasteiger partial charge in [-0.3, -0.25) is 4.79 Å². The molecule has 0 aromatic heterocycles. The van der Waals surface area contributed by atoms with Crippen LogP contribution in [0.1, 0.15) is 37.0 Å². The molecular weight excluding hydrogens is 356 g/mol. The summed E-state index contributed by atoms with van der Waals surface area (Å²) in [5, 5.41) is 6.65. The molecule has 0 aliphatic carbocycles. The van der Waals surface area contributed by atoms with Crippen LogP contribution >= 0.6 is 0 Å². The second kappa shape index (κ2) is 11.0. The van der Waals surface area contributed by atoms with Gasteiger partial charge in [-0.25, -0.2) is 0 Å². The van der Waals surface area contributed by atoms with Gasteiger partial charge in [-0.15, -0.1) is 0 Å². The Morgan fingerprint density at radius 3 is 2.57 bits per heavy atom. The highest BCUT2D eigenvalue weighted by atomic mass is 16.6. The van der Waals surface area contributed by atoms with Crippen molar-refractivity contribution in [3.63, 3.8) is 0 Å². The van der Waals surface area contributed by atoms with Crippen molar-refractivity contribution >= 4 is 17.8 Å². The average Bonchev–Trinajstić information content (AvgIpc) is 2.68. The van der Waals surface area contributed by atoms with E-state index in [0.717, 1.165) is 23.2 Å². The minimum absolute atomic E-state index is 0.167. The molecule has 0 heterocycles. The van der Waals surface area contributed by atoms with Crippen molar-refractivity contribution in [1.82, 2.24) is 0 Å². The molecule has 6 heteroatoms. The van der Waals surface area contributed by atoms with Crippen LogP contribution in [0.2, 0.25) is 0 Å². The predicted molar refractivity (Wildman–Crippen MR) is 111 cm³/mol. The van der Waals surface area contributed by atoms with Gasteiger partial charge in [0.1, 0.15) is 0 Å². The van der Waals surface area contributed by atoms with Gasteiger partial charge >= 0.3 is 0 Å². The van der Waals surface area contributed by atoms with E-state index >= 15 is 0 Å². The number of ether oxygens (including phenoxy) is 2. The van der Waals surface area contributed by atoms with Crippen molar-refractivity contribution in [1.29, 1.82) is 0 Å². The van der Waals surface area contributed by atoms with E-state index in [9.17, 15) is 4.79 Å². The highest BCUT2D eigenvalue weighted by Gasteiger charge is 2.06. The molecule has 2 aromatic rings. The number of rotatable bonds is 10. The molecule has 0 unspecified atom stereocenters. The first-order valence-electron chi connectivity index (χ1n) is 9.45. The van der Waals surface area contributed by atoms with Gasteiger partial charge in [-0.2, -0.15) is 0 Å². The Kier molecular flexibility index (Phi) is 8.34. The summed E-state index contributed by atoms with van der Waals surface area (Å²) < 4.78 is 11.3. The molecule has 1 N–H and O–H groups in total. The van der Waals surface area contributed by atoms with Crippen LogP contribution in [-0.4, -0.2) is 31.9 Å². The first kappa shape index (κ1) is 21.3. The van der Waals surface area contributed by atoms with Gasteiger partial charge in [0.15, 0.2) is 18.1 Å². The van der Waals surface area contributed by atoms with E-state index in [1.165, 1.54) is 11.8 Å². The maximum Gasteiger partial charge on any atom is 0.265 e. The van der Waals surface area contributed by atoms with Crippen molar-refractivity contribution < 1.29 is 19.1 Å². The van der Waals surface area contributed by atoms with Crippen LogP contribution in [0.25, 0.3) is 0 Å². The average molecular weight is 384 g/mol. The predicted octanol–water partition coefficient (Wildman–Crippen LogP) is 4.48. The summed E-state index contributed by atoms with van der Waals surface area (Å²) in [5.74, 6) is 1.10. The van der Waals surface area contributed by atoms with Crippen LogP contribution in [0.15, 0.2) is 41.6 Å². The molecule has 1 amide bonds. The molecule has 0 aliphatic rings. The summed E-state index contributed by atoms with van der Waals surface area (Å²) in [6.07, 6.45) is 2.46. The van der Waals surface area contributed by atoms with E-state index in [2.05, 4.69) is 17.4 Å². The lowest BCUT2D eigenvalue weighted by atomic mass is 10.1. The monoisotopic (exact) mass is 384 g/mol. The molecule has 28 heavy (non-hydrogen) atoms. The summed E-state index contributed by atoms with van der Waals surface area (Å²) in [4.78, 5) is 17.1. The highest BCUT2D eigenvalue weighted by Crippen LogP contribution is 2.28. The number of aryl methyl sites for hydroxylation is 2. The van der Waals surface area contributed by atoms with Crippen LogP contribution in [0, 0.1) is 13.8 Å². The second-order valence-electron chi connectivity index (χ2n) is 6.34. The molecule has 2 aromatic carbocycles. The largest absolute Gasteiger partial charge is 0.490 e. The molecule has 0 aliphatic heterocycles. The van der Waals surface area contributed by atoms with E-state index in [1.54, 1.807) is 0 Å². The molecule has 2 rings (SSSR count). The third-order valence-corrected chi connectivity index (χ3v) is 3.99. The van der Waals surface area contributed by atoms with Gasteiger partial charge in [-0.05, 0) is 68.7 Å². The van der Waals surface area contributed by atoms with Crippen molar-refractivity contribution in [2.45, 2.75) is 34.1 Å². The second-order valence-corrected chi connectivity index (χ2v) is 6.34. The Morgan fingerprint density at radius 1 is 1.04 bits per heavy atom. The molecule has 0 bridgehead atoms. The topological polar surface area (TPSA) is 69.2 Å². The first-order valence-corrected chi connectivity index (χ1v) is 9.45. The van der Waals surface area contributed by atoms with Crippen molar-refractivity contribution in [2.24, 2.45) is 5.16 Å². The Labute approximate surface area is 166 Å². The van der Waals surface area contributed by atoms with Crippen LogP contribution in [-0.2, 0) is 9.63 Å². The maximum absolute atomic E-state index is 12.0. The normalized spacial score (nSPS) is 10.7. The highest BCUT2D eigenvalue weighted by molar-refractivity contribution is 5.91. The van der Waals surface area contributed by atoms with E-state index in [4.69, 9.17) is 14.3 Å². The Balaban J connectivity index is 1.88. The molecule has 6 nitrogen and oxygen atoms in total. The van der Waals surface area contributed by atoms with Gasteiger partial charge in [0.2, 0.25) is 0 Å². The number of nitrogens with zero attached hydrogens (tertiary/aromatic N) is 1. The van der Waals surface area contributed by atoms with Gasteiger partial charge in [0.05, 0.1) is 19.4 Å². The lowest BCUT2D eigenvalue weighted by Gasteiger charge is -2.11. The molecule has 0 atom stereocenters. The smallest absolute Gasteiger partial charge is 0.265 e. The lowest BCUT2D eigenvalue weighted by molar-refractivity contribution is -0.120. The maximum atomic E-state index is 12.0. The van der Waals surface area contributed by atoms with E-state index in [0.29, 0.717) is 24.7 Å². The van der Waals surface area contributed by atoms with Crippen molar-refractivity contribution in [2.75, 3.05) is 25.1 Å². The Bertz CT molecular complexity index is 818. The number of hydrogen-bond acceptors (Lipinski definition) is 5. The molecule has 0 spiro atoms. The van der Waals surface area contributed by atoms with Crippen LogP contribution in [0.3, 0.4) is 0 Å². The van der Waals surface area contributed by atoms with E-state index in [1.807, 2.05) is 57.2 Å². The Hall–Kier alpha value is -3.02. The zero-order chi connectivity index (χ0) is 20.4. The number of benzene rings is 2. The lowest BCUT2D eigenvalue weighted by Crippen LogP contribution is -2.17. The fourth-order valence-electron chi connectivity index (χ4n) is 2.41. The Morgan fingerprint density at radius 2 is 1.86 bits per heavy atom. The quantitative estimate of drug-likeness (QED) is 0.484. The number of oxime groups is 1. The third kappa shape index (κ3) is 6.61. The minimum Gasteiger partial charge on any atom is -0.490 e. The molecule has 0 fully saturated rings. The van der Waals surface area contributed by atoms with Crippen LogP contribution in [0.5, 0.6) is 11.5 Å². The summed E-state index contributed by atoms with van der Waals surface area (Å²) in [6, 6.07) is 11.3. The SMILES string of the molecule is CCCOc1ccc(C=NOCC(=O)Nc2ccc(C)c(C)c2)cc1OCC. The fourth-order valence-corrected chi connectivity index (χ4v) is 2.41. The molecular formula is C22H28N2O4. The van der Waals surface area contributed by atoms with Gasteiger partial charge in [0.25, 0.3) is 5.91 Å².